The summed E-state index contributed by atoms with van der Waals surface area (Å²) in [5.41, 5.74) is 0.630. The highest BCUT2D eigenvalue weighted by molar-refractivity contribution is 5.94. The molecule has 1 aromatic carbocycles. The number of rotatable bonds is 4. The second kappa shape index (κ2) is 6.18. The van der Waals surface area contributed by atoms with Crippen molar-refractivity contribution < 1.29 is 14.7 Å². The minimum Gasteiger partial charge on any atom is -0.478 e. The fourth-order valence-corrected chi connectivity index (χ4v) is 1.64. The molecule has 0 saturated heterocycles. The van der Waals surface area contributed by atoms with Crippen molar-refractivity contribution >= 4 is 11.9 Å². The number of hydrogen-bond acceptors (Lipinski definition) is 2. The van der Waals surface area contributed by atoms with Gasteiger partial charge in [-0.15, -0.1) is 0 Å². The lowest BCUT2D eigenvalue weighted by Gasteiger charge is -2.35. The molecule has 0 aliphatic rings. The zero-order chi connectivity index (χ0) is 14.5. The minimum absolute atomic E-state index is 0.307. The van der Waals surface area contributed by atoms with Gasteiger partial charge in [0.1, 0.15) is 0 Å². The van der Waals surface area contributed by atoms with Crippen LogP contribution >= 0.6 is 0 Å². The van der Waals surface area contributed by atoms with Crippen LogP contribution in [0.25, 0.3) is 0 Å². The van der Waals surface area contributed by atoms with Crippen molar-refractivity contribution in [1.82, 2.24) is 4.90 Å². The van der Waals surface area contributed by atoms with Gasteiger partial charge in [0.2, 0.25) is 5.91 Å². The van der Waals surface area contributed by atoms with Crippen molar-refractivity contribution in [2.24, 2.45) is 0 Å². The molecule has 0 aliphatic heterocycles. The van der Waals surface area contributed by atoms with E-state index >= 15 is 0 Å². The van der Waals surface area contributed by atoms with Gasteiger partial charge in [-0.1, -0.05) is 30.3 Å². The summed E-state index contributed by atoms with van der Waals surface area (Å²) in [6, 6.07) is 9.61. The molecule has 0 bridgehead atoms. The van der Waals surface area contributed by atoms with Crippen LogP contribution in [0.4, 0.5) is 0 Å². The van der Waals surface area contributed by atoms with Gasteiger partial charge in [-0.05, 0) is 26.3 Å². The number of carboxylic acids is 1. The summed E-state index contributed by atoms with van der Waals surface area (Å²) in [6.45, 7) is 6.21. The molecule has 1 rings (SSSR count). The molecule has 0 aromatic heterocycles. The quantitative estimate of drug-likeness (QED) is 0.847. The van der Waals surface area contributed by atoms with Crippen LogP contribution in [0.1, 0.15) is 26.3 Å². The second-order valence-corrected chi connectivity index (χ2v) is 5.25. The van der Waals surface area contributed by atoms with Gasteiger partial charge >= 0.3 is 5.97 Å². The predicted octanol–water partition coefficient (Wildman–Crippen LogP) is 2.45. The molecule has 0 radical (unpaired) electrons. The summed E-state index contributed by atoms with van der Waals surface area (Å²) in [6.07, 6.45) is 1.96. The normalized spacial score (nSPS) is 11.5. The SMILES string of the molecule is CC(C)(C)N(Cc1ccccc1)C(=O)/C=C/C(=O)O. The molecule has 0 atom stereocenters. The molecule has 0 unspecified atom stereocenters. The van der Waals surface area contributed by atoms with Crippen molar-refractivity contribution in [3.8, 4) is 0 Å². The Balaban J connectivity index is 2.90. The molecule has 4 heteroatoms. The average molecular weight is 261 g/mol. The standard InChI is InChI=1S/C15H19NO3/c1-15(2,3)16(13(17)9-10-14(18)19)11-12-7-5-4-6-8-12/h4-10H,11H2,1-3H3,(H,18,19)/b10-9+. The third-order valence-corrected chi connectivity index (χ3v) is 2.63. The zero-order valence-corrected chi connectivity index (χ0v) is 11.5. The first-order valence-electron chi connectivity index (χ1n) is 6.07. The molecular weight excluding hydrogens is 242 g/mol. The molecule has 1 aromatic rings. The van der Waals surface area contributed by atoms with E-state index in [1.54, 1.807) is 4.90 Å². The number of hydrogen-bond donors (Lipinski definition) is 1. The Bertz CT molecular complexity index is 472. The van der Waals surface area contributed by atoms with Gasteiger partial charge in [0.05, 0.1) is 0 Å². The first kappa shape index (κ1) is 15.0. The molecule has 1 N–H and O–H groups in total. The van der Waals surface area contributed by atoms with Gasteiger partial charge in [-0.2, -0.15) is 0 Å². The number of amides is 1. The molecule has 0 fully saturated rings. The molecule has 19 heavy (non-hydrogen) atoms. The Morgan fingerprint density at radius 3 is 2.21 bits per heavy atom. The van der Waals surface area contributed by atoms with Crippen molar-refractivity contribution in [2.75, 3.05) is 0 Å². The number of aliphatic carboxylic acids is 1. The summed E-state index contributed by atoms with van der Waals surface area (Å²) >= 11 is 0. The van der Waals surface area contributed by atoms with E-state index < -0.39 is 5.97 Å². The number of carbonyl (C=O) groups is 2. The van der Waals surface area contributed by atoms with Crippen LogP contribution in [0.15, 0.2) is 42.5 Å². The largest absolute Gasteiger partial charge is 0.478 e. The molecule has 0 aliphatic carbocycles. The monoisotopic (exact) mass is 261 g/mol. The Morgan fingerprint density at radius 1 is 1.16 bits per heavy atom. The number of carboxylic acid groups (broad SMARTS) is 1. The molecule has 0 heterocycles. The fourth-order valence-electron chi connectivity index (χ4n) is 1.64. The van der Waals surface area contributed by atoms with Crippen molar-refractivity contribution in [1.29, 1.82) is 0 Å². The van der Waals surface area contributed by atoms with Crippen LogP contribution in [-0.2, 0) is 16.1 Å². The summed E-state index contributed by atoms with van der Waals surface area (Å²) in [5, 5.41) is 8.58. The van der Waals surface area contributed by atoms with Gasteiger partial charge in [0.15, 0.2) is 0 Å². The maximum atomic E-state index is 12.1. The van der Waals surface area contributed by atoms with E-state index in [-0.39, 0.29) is 11.4 Å². The van der Waals surface area contributed by atoms with E-state index in [1.165, 1.54) is 0 Å². The highest BCUT2D eigenvalue weighted by atomic mass is 16.4. The maximum Gasteiger partial charge on any atom is 0.328 e. The van der Waals surface area contributed by atoms with E-state index in [2.05, 4.69) is 0 Å². The summed E-state index contributed by atoms with van der Waals surface area (Å²) < 4.78 is 0. The van der Waals surface area contributed by atoms with Crippen LogP contribution < -0.4 is 0 Å². The Morgan fingerprint density at radius 2 is 1.74 bits per heavy atom. The summed E-state index contributed by atoms with van der Waals surface area (Å²) in [5.74, 6) is -1.43. The predicted molar refractivity (Wildman–Crippen MR) is 73.5 cm³/mol. The van der Waals surface area contributed by atoms with Gasteiger partial charge in [-0.25, -0.2) is 4.79 Å². The van der Waals surface area contributed by atoms with Gasteiger partial charge in [-0.3, -0.25) is 4.79 Å². The minimum atomic E-state index is -1.12. The van der Waals surface area contributed by atoms with E-state index in [0.29, 0.717) is 6.54 Å². The number of benzene rings is 1. The van der Waals surface area contributed by atoms with Crippen LogP contribution in [0, 0.1) is 0 Å². The molecule has 0 saturated carbocycles. The summed E-state index contributed by atoms with van der Waals surface area (Å²) in [4.78, 5) is 24.2. The van der Waals surface area contributed by atoms with E-state index in [9.17, 15) is 9.59 Å². The van der Waals surface area contributed by atoms with Crippen LogP contribution in [0.2, 0.25) is 0 Å². The Hall–Kier alpha value is -2.10. The van der Waals surface area contributed by atoms with Gasteiger partial charge < -0.3 is 10.0 Å². The highest BCUT2D eigenvalue weighted by Crippen LogP contribution is 2.18. The third-order valence-electron chi connectivity index (χ3n) is 2.63. The lowest BCUT2D eigenvalue weighted by Crippen LogP contribution is -2.44. The molecular formula is C15H19NO3. The van der Waals surface area contributed by atoms with E-state index in [1.807, 2.05) is 51.1 Å². The Kier molecular flexibility index (Phi) is 4.87. The topological polar surface area (TPSA) is 57.6 Å². The fraction of sp³-hybridized carbons (Fsp3) is 0.333. The number of nitrogens with zero attached hydrogens (tertiary/aromatic N) is 1. The number of carbonyl (C=O) groups excluding carboxylic acids is 1. The Labute approximate surface area is 113 Å². The molecule has 1 amide bonds. The van der Waals surface area contributed by atoms with Gasteiger partial charge in [0, 0.05) is 24.2 Å². The highest BCUT2D eigenvalue weighted by Gasteiger charge is 2.24. The average Bonchev–Trinajstić information content (AvgIpc) is 2.33. The van der Waals surface area contributed by atoms with Crippen molar-refractivity contribution in [2.45, 2.75) is 32.9 Å². The smallest absolute Gasteiger partial charge is 0.328 e. The molecule has 0 spiro atoms. The third kappa shape index (κ3) is 4.95. The first-order chi connectivity index (χ1) is 8.80. The lowest BCUT2D eigenvalue weighted by molar-refractivity contribution is -0.134. The van der Waals surface area contributed by atoms with Crippen LogP contribution in [0.5, 0.6) is 0 Å². The van der Waals surface area contributed by atoms with Crippen molar-refractivity contribution in [3.05, 3.63) is 48.0 Å². The summed E-state index contributed by atoms with van der Waals surface area (Å²) in [7, 11) is 0. The van der Waals surface area contributed by atoms with Gasteiger partial charge in [0.25, 0.3) is 0 Å². The zero-order valence-electron chi connectivity index (χ0n) is 11.5. The maximum absolute atomic E-state index is 12.1. The van der Waals surface area contributed by atoms with E-state index in [4.69, 9.17) is 5.11 Å². The van der Waals surface area contributed by atoms with E-state index in [0.717, 1.165) is 17.7 Å². The second-order valence-electron chi connectivity index (χ2n) is 5.25. The van der Waals surface area contributed by atoms with Crippen molar-refractivity contribution in [3.63, 3.8) is 0 Å². The first-order valence-corrected chi connectivity index (χ1v) is 6.07. The van der Waals surface area contributed by atoms with Crippen LogP contribution in [-0.4, -0.2) is 27.4 Å². The van der Waals surface area contributed by atoms with Crippen LogP contribution in [0.3, 0.4) is 0 Å². The lowest BCUT2D eigenvalue weighted by atomic mass is 10.0. The molecule has 102 valence electrons. The molecule has 4 nitrogen and oxygen atoms in total.